The number of aromatic nitrogens is 1. The molecule has 24 heavy (non-hydrogen) atoms. The predicted molar refractivity (Wildman–Crippen MR) is 98.8 cm³/mol. The van der Waals surface area contributed by atoms with Gasteiger partial charge < -0.3 is 16.0 Å². The molecule has 6 heteroatoms. The van der Waals surface area contributed by atoms with E-state index in [4.69, 9.17) is 5.73 Å². The number of benzene rings is 1. The van der Waals surface area contributed by atoms with Gasteiger partial charge in [-0.05, 0) is 56.2 Å². The summed E-state index contributed by atoms with van der Waals surface area (Å²) in [7, 11) is 0. The number of carbonyl (C=O) groups excluding carboxylic acids is 1. The lowest BCUT2D eigenvalue weighted by molar-refractivity contribution is -0.115. The minimum absolute atomic E-state index is 0.00336. The normalized spacial score (nSPS) is 16.4. The van der Waals surface area contributed by atoms with Crippen molar-refractivity contribution < 1.29 is 4.79 Å². The predicted octanol–water partition coefficient (Wildman–Crippen LogP) is 3.00. The molecule has 126 valence electrons. The lowest BCUT2D eigenvalue weighted by Crippen LogP contribution is -2.37. The maximum absolute atomic E-state index is 12.5. The molecule has 0 fully saturated rings. The van der Waals surface area contributed by atoms with Gasteiger partial charge in [-0.3, -0.25) is 4.79 Å². The highest BCUT2D eigenvalue weighted by Gasteiger charge is 2.22. The zero-order chi connectivity index (χ0) is 16.5. The molecule has 2 aliphatic rings. The van der Waals surface area contributed by atoms with Crippen LogP contribution in [0, 0.1) is 0 Å². The van der Waals surface area contributed by atoms with Crippen LogP contribution < -0.4 is 16.0 Å². The number of hydrogen-bond acceptors (Lipinski definition) is 5. The van der Waals surface area contributed by atoms with Crippen molar-refractivity contribution >= 4 is 33.8 Å². The van der Waals surface area contributed by atoms with Crippen molar-refractivity contribution in [3.8, 4) is 0 Å². The smallest absolute Gasteiger partial charge is 0.245 e. The number of rotatable bonds is 3. The number of aryl methyl sites for hydroxylation is 2. The Labute approximate surface area is 145 Å². The summed E-state index contributed by atoms with van der Waals surface area (Å²) in [4.78, 5) is 20.5. The maximum atomic E-state index is 12.5. The van der Waals surface area contributed by atoms with Gasteiger partial charge in [-0.2, -0.15) is 0 Å². The minimum atomic E-state index is -0.00336. The molecule has 0 spiro atoms. The van der Waals surface area contributed by atoms with E-state index in [1.54, 1.807) is 11.3 Å². The van der Waals surface area contributed by atoms with Crippen LogP contribution in [0.25, 0.3) is 0 Å². The molecular formula is C18H22N4OS. The van der Waals surface area contributed by atoms with E-state index in [2.05, 4.69) is 21.3 Å². The second-order valence-corrected chi connectivity index (χ2v) is 7.60. The zero-order valence-corrected chi connectivity index (χ0v) is 14.5. The molecule has 0 atom stereocenters. The van der Waals surface area contributed by atoms with E-state index in [9.17, 15) is 4.79 Å². The minimum Gasteiger partial charge on any atom is -0.398 e. The van der Waals surface area contributed by atoms with Gasteiger partial charge in [0.2, 0.25) is 5.91 Å². The molecule has 3 N–H and O–H groups in total. The van der Waals surface area contributed by atoms with Crippen LogP contribution in [0.3, 0.4) is 0 Å². The Kier molecular flexibility index (Phi) is 4.14. The number of carbonyl (C=O) groups is 1. The van der Waals surface area contributed by atoms with Crippen LogP contribution in [-0.2, 0) is 24.1 Å². The maximum Gasteiger partial charge on any atom is 0.245 e. The highest BCUT2D eigenvalue weighted by atomic mass is 32.1. The topological polar surface area (TPSA) is 71.2 Å². The van der Waals surface area contributed by atoms with Crippen LogP contribution in [0.2, 0.25) is 0 Å². The van der Waals surface area contributed by atoms with E-state index in [1.165, 1.54) is 29.0 Å². The highest BCUT2D eigenvalue weighted by Crippen LogP contribution is 2.32. The molecule has 0 unspecified atom stereocenters. The fraction of sp³-hybridized carbons (Fsp3) is 0.444. The van der Waals surface area contributed by atoms with E-state index in [0.29, 0.717) is 6.54 Å². The van der Waals surface area contributed by atoms with Crippen LogP contribution in [0.15, 0.2) is 18.2 Å². The largest absolute Gasteiger partial charge is 0.398 e. The van der Waals surface area contributed by atoms with E-state index < -0.39 is 0 Å². The molecule has 0 saturated heterocycles. The first kappa shape index (κ1) is 15.4. The summed E-state index contributed by atoms with van der Waals surface area (Å²) < 4.78 is 0. The van der Waals surface area contributed by atoms with Crippen LogP contribution in [0.5, 0.6) is 0 Å². The molecule has 1 aliphatic carbocycles. The molecule has 1 amide bonds. The van der Waals surface area contributed by atoms with Gasteiger partial charge in [0.05, 0.1) is 12.2 Å². The van der Waals surface area contributed by atoms with Gasteiger partial charge in [-0.25, -0.2) is 4.98 Å². The van der Waals surface area contributed by atoms with Crippen molar-refractivity contribution in [3.05, 3.63) is 34.3 Å². The van der Waals surface area contributed by atoms with Gasteiger partial charge in [0.15, 0.2) is 5.13 Å². The van der Waals surface area contributed by atoms with Crippen molar-refractivity contribution in [2.45, 2.75) is 38.5 Å². The molecule has 2 heterocycles. The van der Waals surface area contributed by atoms with Crippen LogP contribution in [-0.4, -0.2) is 24.0 Å². The van der Waals surface area contributed by atoms with Crippen molar-refractivity contribution in [2.24, 2.45) is 0 Å². The Morgan fingerprint density at radius 1 is 1.25 bits per heavy atom. The highest BCUT2D eigenvalue weighted by molar-refractivity contribution is 7.15. The molecule has 2 aromatic rings. The number of nitrogens with zero attached hydrogens (tertiary/aromatic N) is 2. The molecular weight excluding hydrogens is 320 g/mol. The summed E-state index contributed by atoms with van der Waals surface area (Å²) in [5.74, 6) is -0.00336. The third-order valence-corrected chi connectivity index (χ3v) is 5.88. The Bertz CT molecular complexity index is 747. The Balaban J connectivity index is 1.45. The van der Waals surface area contributed by atoms with Gasteiger partial charge in [-0.15, -0.1) is 11.3 Å². The SMILES string of the molecule is Nc1cccc2c1CCCN2CC(=O)Nc1nc2c(s1)CCCC2. The number of thiazole rings is 1. The van der Waals surface area contributed by atoms with Crippen molar-refractivity contribution in [1.82, 2.24) is 4.98 Å². The summed E-state index contributed by atoms with van der Waals surface area (Å²) >= 11 is 1.63. The first-order chi connectivity index (χ1) is 11.7. The zero-order valence-electron chi connectivity index (χ0n) is 13.7. The summed E-state index contributed by atoms with van der Waals surface area (Å²) in [6.45, 7) is 1.24. The molecule has 4 rings (SSSR count). The Morgan fingerprint density at radius 2 is 2.12 bits per heavy atom. The van der Waals surface area contributed by atoms with Gasteiger partial charge >= 0.3 is 0 Å². The van der Waals surface area contributed by atoms with E-state index in [1.807, 2.05) is 12.1 Å². The van der Waals surface area contributed by atoms with Crippen LogP contribution in [0.4, 0.5) is 16.5 Å². The summed E-state index contributed by atoms with van der Waals surface area (Å²) in [5, 5.41) is 3.73. The van der Waals surface area contributed by atoms with E-state index >= 15 is 0 Å². The first-order valence-electron chi connectivity index (χ1n) is 8.61. The average molecular weight is 342 g/mol. The fourth-order valence-corrected chi connectivity index (χ4v) is 4.70. The van der Waals surface area contributed by atoms with Gasteiger partial charge in [0, 0.05) is 22.8 Å². The second kappa shape index (κ2) is 6.43. The quantitative estimate of drug-likeness (QED) is 0.841. The van der Waals surface area contributed by atoms with Gasteiger partial charge in [0.1, 0.15) is 0 Å². The number of anilines is 3. The average Bonchev–Trinajstić information content (AvgIpc) is 2.98. The number of fused-ring (bicyclic) bond motifs is 2. The molecule has 0 radical (unpaired) electrons. The van der Waals surface area contributed by atoms with Crippen molar-refractivity contribution in [3.63, 3.8) is 0 Å². The lowest BCUT2D eigenvalue weighted by Gasteiger charge is -2.31. The van der Waals surface area contributed by atoms with Crippen LogP contribution in [0.1, 0.15) is 35.4 Å². The molecule has 0 bridgehead atoms. The number of nitrogens with one attached hydrogen (secondary N) is 1. The summed E-state index contributed by atoms with van der Waals surface area (Å²) in [6, 6.07) is 5.95. The van der Waals surface area contributed by atoms with Crippen LogP contribution >= 0.6 is 11.3 Å². The Hall–Kier alpha value is -2.08. The molecule has 1 aromatic carbocycles. The van der Waals surface area contributed by atoms with E-state index in [-0.39, 0.29) is 5.91 Å². The summed E-state index contributed by atoms with van der Waals surface area (Å²) in [5.41, 5.74) is 10.3. The number of amides is 1. The molecule has 1 aliphatic heterocycles. The first-order valence-corrected chi connectivity index (χ1v) is 9.43. The molecule has 5 nitrogen and oxygen atoms in total. The third-order valence-electron chi connectivity index (χ3n) is 4.81. The lowest BCUT2D eigenvalue weighted by atomic mass is 10.00. The standard InChI is InChI=1S/C18H22N4OS/c19-13-6-3-8-15-12(13)5-4-10-22(15)11-17(23)21-18-20-14-7-1-2-9-16(14)24-18/h3,6,8H,1-2,4-5,7,9-11,19H2,(H,20,21,23). The molecule has 0 saturated carbocycles. The molecule has 1 aromatic heterocycles. The van der Waals surface area contributed by atoms with Gasteiger partial charge in [-0.1, -0.05) is 6.07 Å². The van der Waals surface area contributed by atoms with Gasteiger partial charge in [0.25, 0.3) is 0 Å². The van der Waals surface area contributed by atoms with Crippen molar-refractivity contribution in [2.75, 3.05) is 29.0 Å². The second-order valence-electron chi connectivity index (χ2n) is 6.51. The number of nitrogen functional groups attached to an aromatic ring is 1. The third kappa shape index (κ3) is 2.98. The fourth-order valence-electron chi connectivity index (χ4n) is 3.63. The van der Waals surface area contributed by atoms with E-state index in [0.717, 1.165) is 48.7 Å². The van der Waals surface area contributed by atoms with Crippen molar-refractivity contribution in [1.29, 1.82) is 0 Å². The number of nitrogens with two attached hydrogens (primary N) is 1. The summed E-state index contributed by atoms with van der Waals surface area (Å²) in [6.07, 6.45) is 6.59. The Morgan fingerprint density at radius 3 is 3.00 bits per heavy atom. The monoisotopic (exact) mass is 342 g/mol. The number of hydrogen-bond donors (Lipinski definition) is 2.